The molecule has 1 aromatic heterocycles. The molecule has 0 spiro atoms. The first-order chi connectivity index (χ1) is 18.8. The highest BCUT2D eigenvalue weighted by molar-refractivity contribution is 7.17. The summed E-state index contributed by atoms with van der Waals surface area (Å²) in [7, 11) is 1.29. The molecule has 39 heavy (non-hydrogen) atoms. The van der Waals surface area contributed by atoms with E-state index in [1.807, 2.05) is 31.2 Å². The Balaban J connectivity index is 1.46. The topological polar surface area (TPSA) is 119 Å². The summed E-state index contributed by atoms with van der Waals surface area (Å²) in [4.78, 5) is 60.0. The number of thiophene rings is 1. The molecule has 2 fully saturated rings. The van der Waals surface area contributed by atoms with Crippen LogP contribution in [0.5, 0.6) is 0 Å². The summed E-state index contributed by atoms with van der Waals surface area (Å²) in [5, 5.41) is 13.1. The maximum absolute atomic E-state index is 14.1. The molecular weight excluding hydrogens is 522 g/mol. The highest BCUT2D eigenvalue weighted by Gasteiger charge is 2.61. The number of nitro groups is 1. The molecule has 0 saturated carbocycles. The lowest BCUT2D eigenvalue weighted by atomic mass is 9.90. The number of hydrogen-bond donors (Lipinski definition) is 0. The molecule has 3 aromatic rings. The molecule has 1 aliphatic carbocycles. The van der Waals surface area contributed by atoms with Crippen LogP contribution in [-0.4, -0.2) is 35.9 Å². The van der Waals surface area contributed by atoms with Crippen molar-refractivity contribution in [1.29, 1.82) is 0 Å². The number of methoxy groups -OCH3 is 1. The molecule has 0 unspecified atom stereocenters. The van der Waals surface area contributed by atoms with E-state index in [1.54, 1.807) is 17.2 Å². The van der Waals surface area contributed by atoms with Crippen LogP contribution in [0, 0.1) is 23.0 Å². The number of benzene rings is 2. The molecule has 3 atom stereocenters. The second-order valence-electron chi connectivity index (χ2n) is 9.85. The fraction of sp³-hybridized carbons (Fsp3) is 0.321. The van der Waals surface area contributed by atoms with E-state index in [2.05, 4.69) is 0 Å². The van der Waals surface area contributed by atoms with E-state index in [0.717, 1.165) is 40.2 Å². The van der Waals surface area contributed by atoms with Crippen LogP contribution < -0.4 is 9.96 Å². The normalized spacial score (nSPS) is 22.2. The van der Waals surface area contributed by atoms with Crippen LogP contribution in [0.15, 0.2) is 48.5 Å². The molecule has 3 aliphatic rings. The molecule has 0 bridgehead atoms. The molecule has 0 radical (unpaired) electrons. The number of imide groups is 1. The third-order valence-electron chi connectivity index (χ3n) is 7.66. The molecule has 2 saturated heterocycles. The minimum Gasteiger partial charge on any atom is -0.465 e. The van der Waals surface area contributed by atoms with Crippen LogP contribution in [0.1, 0.15) is 50.8 Å². The first-order valence-electron chi connectivity index (χ1n) is 12.7. The number of amides is 2. The number of para-hydroxylation sites is 1. The number of rotatable bonds is 5. The van der Waals surface area contributed by atoms with Gasteiger partial charge in [-0.2, -0.15) is 0 Å². The Morgan fingerprint density at radius 1 is 1.08 bits per heavy atom. The van der Waals surface area contributed by atoms with Gasteiger partial charge < -0.3 is 4.74 Å². The lowest BCUT2D eigenvalue weighted by molar-refractivity contribution is -0.384. The first kappa shape index (κ1) is 25.2. The Labute approximate surface area is 227 Å². The molecular formula is C28H25N3O7S. The van der Waals surface area contributed by atoms with Gasteiger partial charge in [-0.3, -0.25) is 24.5 Å². The van der Waals surface area contributed by atoms with Gasteiger partial charge in [0.1, 0.15) is 10.9 Å². The van der Waals surface area contributed by atoms with E-state index in [-0.39, 0.29) is 16.3 Å². The lowest BCUT2D eigenvalue weighted by Gasteiger charge is -2.29. The molecule has 2 aromatic carbocycles. The van der Waals surface area contributed by atoms with Crippen LogP contribution in [0.3, 0.4) is 0 Å². The molecule has 0 N–H and O–H groups in total. The van der Waals surface area contributed by atoms with Gasteiger partial charge in [0.05, 0.1) is 29.3 Å². The van der Waals surface area contributed by atoms with E-state index in [1.165, 1.54) is 30.6 Å². The van der Waals surface area contributed by atoms with Crippen molar-refractivity contribution in [3.63, 3.8) is 0 Å². The van der Waals surface area contributed by atoms with Crippen LogP contribution in [0.25, 0.3) is 0 Å². The number of aryl methyl sites for hydroxylation is 2. The van der Waals surface area contributed by atoms with Crippen molar-refractivity contribution < 1.29 is 28.9 Å². The lowest BCUT2D eigenvalue weighted by Crippen LogP contribution is -2.38. The zero-order chi connectivity index (χ0) is 27.4. The fourth-order valence-electron chi connectivity index (χ4n) is 5.79. The van der Waals surface area contributed by atoms with Crippen molar-refractivity contribution in [2.45, 2.75) is 44.8 Å². The molecule has 200 valence electrons. The highest BCUT2D eigenvalue weighted by atomic mass is 32.1. The first-order valence-corrected chi connectivity index (χ1v) is 13.5. The average molecular weight is 548 g/mol. The van der Waals surface area contributed by atoms with Gasteiger partial charge in [0, 0.05) is 17.0 Å². The third-order valence-corrected chi connectivity index (χ3v) is 8.94. The van der Waals surface area contributed by atoms with Gasteiger partial charge >= 0.3 is 5.97 Å². The summed E-state index contributed by atoms with van der Waals surface area (Å²) in [6, 6.07) is 12.6. The molecule has 6 rings (SSSR count). The number of non-ortho nitro benzene ring substituents is 1. The summed E-state index contributed by atoms with van der Waals surface area (Å²) in [5.74, 6) is -2.52. The number of nitro benzene ring substituents is 1. The van der Waals surface area contributed by atoms with Crippen LogP contribution in [0.4, 0.5) is 16.4 Å². The minimum atomic E-state index is -1.12. The van der Waals surface area contributed by atoms with Crippen LogP contribution >= 0.6 is 11.3 Å². The maximum atomic E-state index is 14.1. The number of ether oxygens (including phenoxy) is 1. The monoisotopic (exact) mass is 547 g/mol. The number of carbonyl (C=O) groups is 3. The van der Waals surface area contributed by atoms with Crippen molar-refractivity contribution >= 4 is 45.5 Å². The van der Waals surface area contributed by atoms with Crippen LogP contribution in [-0.2, 0) is 32.0 Å². The van der Waals surface area contributed by atoms with Gasteiger partial charge in [0.15, 0.2) is 6.10 Å². The Morgan fingerprint density at radius 3 is 2.49 bits per heavy atom. The summed E-state index contributed by atoms with van der Waals surface area (Å²) in [6.07, 6.45) is 2.22. The smallest absolute Gasteiger partial charge is 0.341 e. The van der Waals surface area contributed by atoms with Gasteiger partial charge in [-0.05, 0) is 55.4 Å². The number of nitrogens with zero attached hydrogens (tertiary/aromatic N) is 3. The Hall–Kier alpha value is -4.09. The molecule has 3 heterocycles. The molecule has 2 aliphatic heterocycles. The van der Waals surface area contributed by atoms with Gasteiger partial charge in [-0.25, -0.2) is 14.8 Å². The summed E-state index contributed by atoms with van der Waals surface area (Å²) in [6.45, 7) is 1.90. The molecule has 10 nitrogen and oxygen atoms in total. The number of anilines is 2. The van der Waals surface area contributed by atoms with E-state index < -0.39 is 40.8 Å². The number of hydroxylamine groups is 1. The van der Waals surface area contributed by atoms with Gasteiger partial charge in [-0.1, -0.05) is 30.3 Å². The summed E-state index contributed by atoms with van der Waals surface area (Å²) in [5.41, 5.74) is 3.20. The average Bonchev–Trinajstić information content (AvgIpc) is 3.58. The highest BCUT2D eigenvalue weighted by Crippen LogP contribution is 2.51. The Kier molecular flexibility index (Phi) is 6.19. The maximum Gasteiger partial charge on any atom is 0.341 e. The summed E-state index contributed by atoms with van der Waals surface area (Å²) >= 11 is 1.29. The van der Waals surface area contributed by atoms with Gasteiger partial charge in [-0.15, -0.1) is 11.3 Å². The van der Waals surface area contributed by atoms with Crippen molar-refractivity contribution in [3.8, 4) is 0 Å². The van der Waals surface area contributed by atoms with Gasteiger partial charge in [0.2, 0.25) is 5.91 Å². The zero-order valence-corrected chi connectivity index (χ0v) is 22.1. The summed E-state index contributed by atoms with van der Waals surface area (Å²) < 4.78 is 5.06. The fourth-order valence-corrected chi connectivity index (χ4v) is 7.17. The molecule has 11 heteroatoms. The largest absolute Gasteiger partial charge is 0.465 e. The second kappa shape index (κ2) is 9.58. The predicted molar refractivity (Wildman–Crippen MR) is 143 cm³/mol. The van der Waals surface area contributed by atoms with Crippen LogP contribution in [0.2, 0.25) is 0 Å². The Morgan fingerprint density at radius 2 is 1.79 bits per heavy atom. The number of fused-ring (bicyclic) bond motifs is 2. The second-order valence-corrected chi connectivity index (χ2v) is 10.9. The standard InChI is InChI=1S/C28H25N3O7S/c1-15-7-3-5-9-19(15)30-23(16-11-13-17(14-12-16)31(35)36)22-24(38-30)26(33)29(25(22)32)27-21(28(34)37-2)18-8-4-6-10-20(18)39-27/h3,5,7,9,11-14,22-24H,4,6,8,10H2,1-2H3/t22-,23+,24+/m0/s1. The van der Waals surface area contributed by atoms with Crippen molar-refractivity contribution in [3.05, 3.63) is 85.8 Å². The predicted octanol–water partition coefficient (Wildman–Crippen LogP) is 4.68. The Bertz CT molecular complexity index is 1520. The van der Waals surface area contributed by atoms with Crippen molar-refractivity contribution in [2.75, 3.05) is 17.1 Å². The molecule has 2 amide bonds. The van der Waals surface area contributed by atoms with Gasteiger partial charge in [0.25, 0.3) is 11.6 Å². The minimum absolute atomic E-state index is 0.0843. The number of carbonyl (C=O) groups excluding carboxylic acids is 3. The zero-order valence-electron chi connectivity index (χ0n) is 21.3. The number of esters is 1. The van der Waals surface area contributed by atoms with E-state index in [0.29, 0.717) is 17.7 Å². The number of hydrogen-bond acceptors (Lipinski definition) is 9. The van der Waals surface area contributed by atoms with Crippen molar-refractivity contribution in [1.82, 2.24) is 0 Å². The third kappa shape index (κ3) is 3.92. The van der Waals surface area contributed by atoms with E-state index >= 15 is 0 Å². The van der Waals surface area contributed by atoms with E-state index in [9.17, 15) is 24.5 Å². The van der Waals surface area contributed by atoms with E-state index in [4.69, 9.17) is 9.57 Å². The quantitative estimate of drug-likeness (QED) is 0.195. The SMILES string of the molecule is COC(=O)c1c(N2C(=O)[C@H]3[C@@H](c4ccc([N+](=O)[O-])cc4)N(c4ccccc4C)O[C@H]3C2=O)sc2c1CCCC2. The van der Waals surface area contributed by atoms with Crippen molar-refractivity contribution in [2.24, 2.45) is 5.92 Å².